The van der Waals surface area contributed by atoms with Gasteiger partial charge in [0.2, 0.25) is 11.8 Å². The molecule has 0 saturated heterocycles. The summed E-state index contributed by atoms with van der Waals surface area (Å²) in [6.07, 6.45) is 12.9. The van der Waals surface area contributed by atoms with Crippen LogP contribution in [0.1, 0.15) is 42.9 Å². The number of ether oxygens (including phenoxy) is 1. The fraction of sp³-hybridized carbons (Fsp3) is 0.400. The summed E-state index contributed by atoms with van der Waals surface area (Å²) < 4.78 is 5.75. The number of rotatable bonds is 5. The monoisotopic (exact) mass is 374 g/mol. The zero-order valence-electron chi connectivity index (χ0n) is 15.2. The lowest BCUT2D eigenvalue weighted by Crippen LogP contribution is -2.69. The molecule has 1 amide bonds. The number of nitrogens with zero attached hydrogens (tertiary/aromatic N) is 6. The minimum atomic E-state index is -0.327. The maximum Gasteiger partial charge on any atom is 0.249 e. The molecule has 8 heteroatoms. The van der Waals surface area contributed by atoms with E-state index in [2.05, 4.69) is 26.1 Å². The molecule has 2 aromatic rings. The first-order valence-corrected chi connectivity index (χ1v) is 9.23. The van der Waals surface area contributed by atoms with Crippen molar-refractivity contribution < 1.29 is 9.53 Å². The maximum atomic E-state index is 13.2. The molecule has 1 unspecified atom stereocenters. The van der Waals surface area contributed by atoms with E-state index in [4.69, 9.17) is 10.00 Å². The van der Waals surface area contributed by atoms with Gasteiger partial charge < -0.3 is 4.74 Å². The molecule has 140 valence electrons. The molecule has 0 aromatic carbocycles. The normalized spacial score (nSPS) is 29.5. The Morgan fingerprint density at radius 1 is 1.25 bits per heavy atom. The predicted octanol–water partition coefficient (Wildman–Crippen LogP) is 2.25. The van der Waals surface area contributed by atoms with E-state index < -0.39 is 0 Å². The van der Waals surface area contributed by atoms with Crippen LogP contribution in [0.3, 0.4) is 0 Å². The van der Waals surface area contributed by atoms with Crippen LogP contribution in [0.25, 0.3) is 0 Å². The van der Waals surface area contributed by atoms with Gasteiger partial charge in [0.25, 0.3) is 0 Å². The van der Waals surface area contributed by atoms with Crippen LogP contribution in [0.5, 0.6) is 5.88 Å². The summed E-state index contributed by atoms with van der Waals surface area (Å²) in [7, 11) is 0. The summed E-state index contributed by atoms with van der Waals surface area (Å²) in [5.41, 5.74) is 1.07. The number of hydrogen-bond donors (Lipinski definition) is 0. The van der Waals surface area contributed by atoms with E-state index in [9.17, 15) is 4.79 Å². The molecule has 6 rings (SSSR count). The second-order valence-corrected chi connectivity index (χ2v) is 7.96. The molecule has 0 spiro atoms. The number of carbonyl (C=O) groups excluding carboxylic acids is 1. The second kappa shape index (κ2) is 6.09. The van der Waals surface area contributed by atoms with Crippen LogP contribution in [0.2, 0.25) is 0 Å². The molecule has 2 bridgehead atoms. The van der Waals surface area contributed by atoms with Crippen molar-refractivity contribution in [3.63, 3.8) is 0 Å². The van der Waals surface area contributed by atoms with Crippen LogP contribution >= 0.6 is 0 Å². The highest BCUT2D eigenvalue weighted by Crippen LogP contribution is 2.74. The van der Waals surface area contributed by atoms with E-state index in [0.717, 1.165) is 24.8 Å². The third kappa shape index (κ3) is 2.54. The molecule has 3 fully saturated rings. The average molecular weight is 374 g/mol. The van der Waals surface area contributed by atoms with Crippen molar-refractivity contribution in [3.05, 3.63) is 48.2 Å². The van der Waals surface area contributed by atoms with Crippen molar-refractivity contribution in [1.82, 2.24) is 20.0 Å². The summed E-state index contributed by atoms with van der Waals surface area (Å²) in [5.74, 6) is 0.580. The van der Waals surface area contributed by atoms with Gasteiger partial charge in [-0.05, 0) is 30.9 Å². The smallest absolute Gasteiger partial charge is 0.249 e. The SMILES string of the molecule is N#Cc1cncc(C2CC=NN2C(=O)C23CC(COc4cnccn4)(C2)C3)c1. The summed E-state index contributed by atoms with van der Waals surface area (Å²) in [5, 5.41) is 15.0. The van der Waals surface area contributed by atoms with Crippen LogP contribution < -0.4 is 4.74 Å². The first kappa shape index (κ1) is 16.8. The van der Waals surface area contributed by atoms with Gasteiger partial charge in [0, 0.05) is 42.8 Å². The number of amides is 1. The quantitative estimate of drug-likeness (QED) is 0.795. The number of carbonyl (C=O) groups is 1. The van der Waals surface area contributed by atoms with Gasteiger partial charge in [-0.25, -0.2) is 9.99 Å². The van der Waals surface area contributed by atoms with Gasteiger partial charge in [-0.1, -0.05) is 0 Å². The highest BCUT2D eigenvalue weighted by Gasteiger charge is 2.72. The third-order valence-corrected chi connectivity index (χ3v) is 5.97. The van der Waals surface area contributed by atoms with Crippen molar-refractivity contribution in [2.45, 2.75) is 31.7 Å². The first-order chi connectivity index (χ1) is 13.6. The Kier molecular flexibility index (Phi) is 3.66. The van der Waals surface area contributed by atoms with Crippen molar-refractivity contribution >= 4 is 12.1 Å². The first-order valence-electron chi connectivity index (χ1n) is 9.23. The van der Waals surface area contributed by atoms with Crippen LogP contribution in [0, 0.1) is 22.2 Å². The molecule has 1 atom stereocenters. The lowest BCUT2D eigenvalue weighted by molar-refractivity contribution is -0.227. The van der Waals surface area contributed by atoms with E-state index in [1.54, 1.807) is 42.1 Å². The Balaban J connectivity index is 1.24. The molecule has 3 heterocycles. The van der Waals surface area contributed by atoms with E-state index in [1.807, 2.05) is 0 Å². The van der Waals surface area contributed by atoms with Crippen LogP contribution in [-0.2, 0) is 4.79 Å². The number of pyridine rings is 1. The minimum Gasteiger partial charge on any atom is -0.476 e. The van der Waals surface area contributed by atoms with Crippen molar-refractivity contribution in [2.24, 2.45) is 15.9 Å². The minimum absolute atomic E-state index is 0.0639. The van der Waals surface area contributed by atoms with Crippen LogP contribution in [-0.4, -0.2) is 38.7 Å². The van der Waals surface area contributed by atoms with Gasteiger partial charge in [-0.2, -0.15) is 10.4 Å². The number of hydrazone groups is 1. The van der Waals surface area contributed by atoms with Crippen molar-refractivity contribution in [2.75, 3.05) is 6.61 Å². The van der Waals surface area contributed by atoms with Gasteiger partial charge in [0.1, 0.15) is 6.07 Å². The summed E-state index contributed by atoms with van der Waals surface area (Å²) >= 11 is 0. The van der Waals surface area contributed by atoms with Crippen molar-refractivity contribution in [1.29, 1.82) is 5.26 Å². The Bertz CT molecular complexity index is 979. The molecule has 28 heavy (non-hydrogen) atoms. The topological polar surface area (TPSA) is 104 Å². The molecular formula is C20H18N6O2. The highest BCUT2D eigenvalue weighted by molar-refractivity contribution is 5.88. The molecule has 1 aliphatic heterocycles. The zero-order valence-corrected chi connectivity index (χ0v) is 15.2. The van der Waals surface area contributed by atoms with Gasteiger partial charge in [0.05, 0.1) is 29.8 Å². The molecule has 3 aliphatic carbocycles. The fourth-order valence-corrected chi connectivity index (χ4v) is 4.80. The van der Waals surface area contributed by atoms with E-state index in [0.29, 0.717) is 24.5 Å². The van der Waals surface area contributed by atoms with Gasteiger partial charge >= 0.3 is 0 Å². The predicted molar refractivity (Wildman–Crippen MR) is 97.9 cm³/mol. The Hall–Kier alpha value is -3.34. The van der Waals surface area contributed by atoms with Gasteiger partial charge in [-0.3, -0.25) is 14.8 Å². The lowest BCUT2D eigenvalue weighted by atomic mass is 9.35. The maximum absolute atomic E-state index is 13.2. The van der Waals surface area contributed by atoms with Crippen LogP contribution in [0.4, 0.5) is 0 Å². The van der Waals surface area contributed by atoms with E-state index in [1.165, 1.54) is 6.20 Å². The summed E-state index contributed by atoms with van der Waals surface area (Å²) in [6.45, 7) is 0.557. The van der Waals surface area contributed by atoms with Crippen molar-refractivity contribution in [3.8, 4) is 11.9 Å². The summed E-state index contributed by atoms with van der Waals surface area (Å²) in [4.78, 5) is 25.4. The molecule has 0 radical (unpaired) electrons. The Labute approximate surface area is 161 Å². The number of nitriles is 1. The third-order valence-electron chi connectivity index (χ3n) is 5.97. The molecular weight excluding hydrogens is 356 g/mol. The molecule has 4 aliphatic rings. The zero-order chi connectivity index (χ0) is 19.2. The number of aromatic nitrogens is 3. The largest absolute Gasteiger partial charge is 0.476 e. The lowest BCUT2D eigenvalue weighted by Gasteiger charge is -2.69. The van der Waals surface area contributed by atoms with E-state index >= 15 is 0 Å². The fourth-order valence-electron chi connectivity index (χ4n) is 4.80. The summed E-state index contributed by atoms with van der Waals surface area (Å²) in [6, 6.07) is 3.69. The Morgan fingerprint density at radius 2 is 2.11 bits per heavy atom. The highest BCUT2D eigenvalue weighted by atomic mass is 16.5. The van der Waals surface area contributed by atoms with Gasteiger partial charge in [-0.15, -0.1) is 0 Å². The van der Waals surface area contributed by atoms with Crippen LogP contribution in [0.15, 0.2) is 42.2 Å². The second-order valence-electron chi connectivity index (χ2n) is 7.96. The molecule has 3 saturated carbocycles. The molecule has 2 aromatic heterocycles. The van der Waals surface area contributed by atoms with E-state index in [-0.39, 0.29) is 22.8 Å². The standard InChI is InChI=1S/C20H18N6O2/c21-6-14-5-15(8-23-7-14)16-1-2-25-26(16)18(27)20-10-19(11-20,12-20)13-28-17-9-22-3-4-24-17/h2-5,7-9,16H,1,10-13H2. The van der Waals surface area contributed by atoms with Gasteiger partial charge in [0.15, 0.2) is 0 Å². The molecule has 0 N–H and O–H groups in total. The number of hydrogen-bond acceptors (Lipinski definition) is 7. The Morgan fingerprint density at radius 3 is 2.86 bits per heavy atom. The average Bonchev–Trinajstić information content (AvgIpc) is 3.16. The molecule has 8 nitrogen and oxygen atoms in total.